The third kappa shape index (κ3) is 7.29. The average molecular weight is 541 g/mol. The van der Waals surface area contributed by atoms with Gasteiger partial charge < -0.3 is 25.6 Å². The van der Waals surface area contributed by atoms with Crippen molar-refractivity contribution in [1.82, 2.24) is 20.5 Å². The minimum atomic E-state index is -3.30. The van der Waals surface area contributed by atoms with Gasteiger partial charge in [-0.15, -0.1) is 0 Å². The maximum Gasteiger partial charge on any atom is 0.268 e. The van der Waals surface area contributed by atoms with E-state index in [1.807, 2.05) is 25.1 Å². The summed E-state index contributed by atoms with van der Waals surface area (Å²) in [5.41, 5.74) is 2.67. The van der Waals surface area contributed by atoms with Crippen LogP contribution in [0.4, 0.5) is 8.78 Å². The maximum absolute atomic E-state index is 14.5. The number of carbonyl (C=O) groups is 3. The number of hydrogen-bond donors (Lipinski definition) is 4. The molecule has 3 aromatic rings. The van der Waals surface area contributed by atoms with Gasteiger partial charge in [0.2, 0.25) is 5.91 Å². The number of nitrogens with zero attached hydrogens (tertiary/aromatic N) is 1. The van der Waals surface area contributed by atoms with Gasteiger partial charge in [-0.25, -0.2) is 8.78 Å². The molecular formula is C29H34F2N4O4. The van der Waals surface area contributed by atoms with Crippen molar-refractivity contribution in [3.63, 3.8) is 0 Å². The largest absolute Gasteiger partial charge is 0.381 e. The molecule has 8 nitrogen and oxygen atoms in total. The second-order valence-electron chi connectivity index (χ2n) is 9.48. The number of aromatic amines is 1. The lowest BCUT2D eigenvalue weighted by atomic mass is 9.99. The number of amides is 3. The van der Waals surface area contributed by atoms with Crippen LogP contribution >= 0.6 is 0 Å². The van der Waals surface area contributed by atoms with Gasteiger partial charge in [-0.05, 0) is 42.2 Å². The van der Waals surface area contributed by atoms with Crippen LogP contribution in [0.5, 0.6) is 0 Å². The average Bonchev–Trinajstić information content (AvgIpc) is 3.55. The van der Waals surface area contributed by atoms with E-state index in [1.165, 1.54) is 6.07 Å². The van der Waals surface area contributed by atoms with Crippen LogP contribution in [-0.4, -0.2) is 63.4 Å². The molecule has 1 fully saturated rings. The van der Waals surface area contributed by atoms with Crippen LogP contribution in [0.15, 0.2) is 72.9 Å². The highest BCUT2D eigenvalue weighted by Gasteiger charge is 2.51. The molecule has 2 heterocycles. The fourth-order valence-corrected chi connectivity index (χ4v) is 4.56. The molecule has 10 heteroatoms. The SMILES string of the molecule is C.Cc1ccccc1CNC(=O)[C@@H]1CC(F)(F)CN1C(=O)[C@@H](O)[C@H](Cc1ccccc1)NC(=O)c1ccc[nH]1. The second kappa shape index (κ2) is 12.7. The molecule has 1 aliphatic rings. The lowest BCUT2D eigenvalue weighted by molar-refractivity contribution is -0.147. The first-order valence-corrected chi connectivity index (χ1v) is 12.3. The highest BCUT2D eigenvalue weighted by atomic mass is 19.3. The van der Waals surface area contributed by atoms with Gasteiger partial charge in [-0.2, -0.15) is 0 Å². The van der Waals surface area contributed by atoms with Crippen molar-refractivity contribution in [3.05, 3.63) is 95.3 Å². The molecule has 0 bridgehead atoms. The first-order chi connectivity index (χ1) is 18.1. The zero-order valence-corrected chi connectivity index (χ0v) is 20.9. The van der Waals surface area contributed by atoms with Crippen LogP contribution in [0.1, 0.15) is 41.0 Å². The summed E-state index contributed by atoms with van der Waals surface area (Å²) in [5.74, 6) is -5.66. The normalized spacial score (nSPS) is 17.5. The number of hydrogen-bond acceptors (Lipinski definition) is 4. The summed E-state index contributed by atoms with van der Waals surface area (Å²) in [6.07, 6.45) is -1.11. The van der Waals surface area contributed by atoms with Crippen molar-refractivity contribution < 1.29 is 28.3 Å². The Balaban J connectivity index is 0.00000420. The molecule has 1 aromatic heterocycles. The molecule has 4 rings (SSSR count). The van der Waals surface area contributed by atoms with Crippen molar-refractivity contribution in [2.75, 3.05) is 6.54 Å². The van der Waals surface area contributed by atoms with Crippen molar-refractivity contribution in [2.45, 2.75) is 57.8 Å². The maximum atomic E-state index is 14.5. The van der Waals surface area contributed by atoms with Crippen LogP contribution < -0.4 is 10.6 Å². The Labute approximate surface area is 226 Å². The predicted octanol–water partition coefficient (Wildman–Crippen LogP) is 3.21. The first-order valence-electron chi connectivity index (χ1n) is 12.3. The number of benzene rings is 2. The highest BCUT2D eigenvalue weighted by molar-refractivity contribution is 5.94. The van der Waals surface area contributed by atoms with Crippen LogP contribution in [0.3, 0.4) is 0 Å². The molecule has 3 atom stereocenters. The molecular weight excluding hydrogens is 506 g/mol. The van der Waals surface area contributed by atoms with Crippen LogP contribution in [-0.2, 0) is 22.6 Å². The van der Waals surface area contributed by atoms with Crippen molar-refractivity contribution in [3.8, 4) is 0 Å². The Morgan fingerprint density at radius 1 is 1.08 bits per heavy atom. The molecule has 0 saturated carbocycles. The Bertz CT molecular complexity index is 1270. The van der Waals surface area contributed by atoms with E-state index in [2.05, 4.69) is 15.6 Å². The molecule has 2 aromatic carbocycles. The monoisotopic (exact) mass is 540 g/mol. The van der Waals surface area contributed by atoms with Gasteiger partial charge in [0, 0.05) is 19.2 Å². The topological polar surface area (TPSA) is 115 Å². The number of carbonyl (C=O) groups excluding carboxylic acids is 3. The fraction of sp³-hybridized carbons (Fsp3) is 0.345. The number of nitrogens with one attached hydrogen (secondary N) is 3. The summed E-state index contributed by atoms with van der Waals surface area (Å²) in [6, 6.07) is 16.7. The van der Waals surface area contributed by atoms with Crippen molar-refractivity contribution in [1.29, 1.82) is 0 Å². The third-order valence-corrected chi connectivity index (χ3v) is 6.66. The summed E-state index contributed by atoms with van der Waals surface area (Å²) < 4.78 is 28.9. The molecule has 4 N–H and O–H groups in total. The molecule has 1 saturated heterocycles. The summed E-state index contributed by atoms with van der Waals surface area (Å²) in [4.78, 5) is 42.5. The summed E-state index contributed by atoms with van der Waals surface area (Å²) >= 11 is 0. The molecule has 208 valence electrons. The van der Waals surface area contributed by atoms with Crippen LogP contribution in [0.25, 0.3) is 0 Å². The van der Waals surface area contributed by atoms with Crippen LogP contribution in [0.2, 0.25) is 0 Å². The number of aliphatic hydroxyl groups excluding tert-OH is 1. The molecule has 0 spiro atoms. The van der Waals surface area contributed by atoms with Crippen LogP contribution in [0, 0.1) is 6.92 Å². The quantitative estimate of drug-likeness (QED) is 0.334. The Hall–Kier alpha value is -4.05. The van der Waals surface area contributed by atoms with Gasteiger partial charge in [0.25, 0.3) is 17.7 Å². The van der Waals surface area contributed by atoms with Crippen molar-refractivity contribution >= 4 is 17.7 Å². The van der Waals surface area contributed by atoms with Gasteiger partial charge in [-0.3, -0.25) is 14.4 Å². The molecule has 39 heavy (non-hydrogen) atoms. The number of alkyl halides is 2. The molecule has 0 aliphatic carbocycles. The Morgan fingerprint density at radius 2 is 1.77 bits per heavy atom. The van der Waals surface area contributed by atoms with E-state index >= 15 is 0 Å². The Morgan fingerprint density at radius 3 is 2.44 bits per heavy atom. The van der Waals surface area contributed by atoms with Gasteiger partial charge >= 0.3 is 0 Å². The number of H-pyrrole nitrogens is 1. The van der Waals surface area contributed by atoms with E-state index in [9.17, 15) is 28.3 Å². The smallest absolute Gasteiger partial charge is 0.268 e. The number of aryl methyl sites for hydroxylation is 1. The standard InChI is InChI=1S/C28H30F2N4O4.CH4/c1-18-8-5-6-11-20(18)16-32-26(37)23-15-28(29,30)17-34(23)27(38)24(35)22(14-19-9-3-2-4-10-19)33-25(36)21-12-7-13-31-21;/h2-13,22-24,31,35H,14-17H2,1H3,(H,32,37)(H,33,36);1H4/t22-,23-,24-;/m0./s1. The number of aliphatic hydroxyl groups is 1. The second-order valence-corrected chi connectivity index (χ2v) is 9.48. The summed E-state index contributed by atoms with van der Waals surface area (Å²) in [7, 11) is 0. The highest BCUT2D eigenvalue weighted by Crippen LogP contribution is 2.33. The number of aromatic nitrogens is 1. The lowest BCUT2D eigenvalue weighted by Crippen LogP contribution is -2.55. The van der Waals surface area contributed by atoms with E-state index in [0.717, 1.165) is 21.6 Å². The minimum Gasteiger partial charge on any atom is -0.381 e. The number of halogens is 2. The zero-order chi connectivity index (χ0) is 27.3. The van der Waals surface area contributed by atoms with E-state index in [4.69, 9.17) is 0 Å². The van der Waals surface area contributed by atoms with E-state index in [-0.39, 0.29) is 26.1 Å². The van der Waals surface area contributed by atoms with E-state index in [1.54, 1.807) is 48.7 Å². The van der Waals surface area contributed by atoms with Crippen molar-refractivity contribution in [2.24, 2.45) is 0 Å². The van der Waals surface area contributed by atoms with Gasteiger partial charge in [0.15, 0.2) is 6.10 Å². The van der Waals surface area contributed by atoms with Gasteiger partial charge in [0.05, 0.1) is 12.6 Å². The third-order valence-electron chi connectivity index (χ3n) is 6.66. The lowest BCUT2D eigenvalue weighted by Gasteiger charge is -2.30. The van der Waals surface area contributed by atoms with Gasteiger partial charge in [0.1, 0.15) is 11.7 Å². The molecule has 0 unspecified atom stereocenters. The number of likely N-dealkylation sites (tertiary alicyclic amines) is 1. The number of rotatable bonds is 9. The first kappa shape index (κ1) is 29.5. The molecule has 1 aliphatic heterocycles. The Kier molecular flexibility index (Phi) is 9.58. The minimum absolute atomic E-state index is 0. The van der Waals surface area contributed by atoms with E-state index < -0.39 is 54.8 Å². The summed E-state index contributed by atoms with van der Waals surface area (Å²) in [6.45, 7) is 0.973. The molecule has 3 amide bonds. The van der Waals surface area contributed by atoms with E-state index in [0.29, 0.717) is 0 Å². The summed E-state index contributed by atoms with van der Waals surface area (Å²) in [5, 5.41) is 16.3. The fourth-order valence-electron chi connectivity index (χ4n) is 4.56. The van der Waals surface area contributed by atoms with Gasteiger partial charge in [-0.1, -0.05) is 62.0 Å². The zero-order valence-electron chi connectivity index (χ0n) is 20.9. The molecule has 0 radical (unpaired) electrons. The predicted molar refractivity (Wildman–Crippen MR) is 143 cm³/mol.